The summed E-state index contributed by atoms with van der Waals surface area (Å²) in [6, 6.07) is 25.1. The van der Waals surface area contributed by atoms with Crippen LogP contribution in [0.2, 0.25) is 0 Å². The maximum Gasteiger partial charge on any atom is 0.270 e. The van der Waals surface area contributed by atoms with E-state index in [0.717, 1.165) is 88.9 Å². The molecule has 4 aliphatic rings. The Labute approximate surface area is 443 Å². The summed E-state index contributed by atoms with van der Waals surface area (Å²) >= 11 is 1.27. The van der Waals surface area contributed by atoms with Gasteiger partial charge in [0.15, 0.2) is 0 Å². The Hall–Kier alpha value is -6.31. The van der Waals surface area contributed by atoms with Crippen molar-refractivity contribution in [3.05, 3.63) is 119 Å². The fourth-order valence-corrected chi connectivity index (χ4v) is 14.2. The summed E-state index contributed by atoms with van der Waals surface area (Å²) in [5, 5.41) is 14.7. The minimum Gasteiger partial charge on any atom is -0.497 e. The molecule has 2 aliphatic heterocycles. The number of hydrogen-bond donors (Lipinski definition) is 5. The summed E-state index contributed by atoms with van der Waals surface area (Å²) in [6.45, 7) is 12.6. The van der Waals surface area contributed by atoms with Gasteiger partial charge in [-0.25, -0.2) is 28.1 Å². The topological polar surface area (TPSA) is 204 Å². The molecule has 18 heteroatoms. The molecule has 4 fully saturated rings. The van der Waals surface area contributed by atoms with Gasteiger partial charge in [-0.15, -0.1) is 11.3 Å². The van der Waals surface area contributed by atoms with E-state index in [1.165, 1.54) is 40.3 Å². The number of anilines is 3. The molecular weight excluding hydrogens is 985 g/mol. The van der Waals surface area contributed by atoms with Crippen molar-refractivity contribution in [1.29, 1.82) is 0 Å². The molecule has 75 heavy (non-hydrogen) atoms. The average molecular weight is 1050 g/mol. The van der Waals surface area contributed by atoms with Crippen LogP contribution in [-0.4, -0.2) is 107 Å². The molecule has 0 unspecified atom stereocenters. The number of amides is 1. The van der Waals surface area contributed by atoms with Gasteiger partial charge in [0.2, 0.25) is 0 Å². The van der Waals surface area contributed by atoms with Crippen LogP contribution in [-0.2, 0) is 16.6 Å². The molecule has 16 nitrogen and oxygen atoms in total. The molecule has 11 rings (SSSR count). The number of carbonyl (C=O) groups excluding carboxylic acids is 1. The third kappa shape index (κ3) is 10.6. The molecule has 2 aliphatic carbocycles. The average Bonchev–Trinajstić information content (AvgIpc) is 4.09. The minimum absolute atomic E-state index is 0.0586. The predicted octanol–water partition coefficient (Wildman–Crippen LogP) is 9.85. The number of carbonyl (C=O) groups is 1. The normalized spacial score (nSPS) is 21.7. The maximum atomic E-state index is 14.3. The van der Waals surface area contributed by atoms with E-state index in [2.05, 4.69) is 102 Å². The zero-order valence-corrected chi connectivity index (χ0v) is 44.9. The number of nitrogens with one attached hydrogen (secondary N) is 3. The molecule has 2 saturated heterocycles. The Balaban J connectivity index is 0.791. The van der Waals surface area contributed by atoms with Crippen LogP contribution in [0.4, 0.5) is 17.2 Å². The number of ether oxygens (including phenoxy) is 2. The molecule has 0 radical (unpaired) electrons. The number of aliphatic hydroxyl groups is 1. The minimum atomic E-state index is -4.51. The lowest BCUT2D eigenvalue weighted by molar-refractivity contribution is -0.0628. The SMILES string of the molecule is COc1ccc(CN2CCN(C3CC4(CCN(c5cc(Oc6cnc7[nH]ccc7c6)c(C(=O)NS(=O)(=O)c6cc(N)c(NC[C@H]7CC[C@](C)(O)CC7)c7scnc67)cn5)CC4)C3)[C@H](c3ccccc3C(C)C)C2)cc1. The highest BCUT2D eigenvalue weighted by Gasteiger charge is 2.50. The van der Waals surface area contributed by atoms with Gasteiger partial charge in [-0.1, -0.05) is 50.2 Å². The number of thiazole rings is 1. The molecule has 6 heterocycles. The second-order valence-electron chi connectivity index (χ2n) is 22.0. The zero-order valence-electron chi connectivity index (χ0n) is 43.2. The van der Waals surface area contributed by atoms with Gasteiger partial charge in [-0.05, 0) is 123 Å². The standard InChI is InChI=1S/C57H68N10O6S2/c1-36(2)43-7-5-6-8-44(43)47-34-65(33-38-9-11-41(72-4)12-10-38)23-24-67(47)40-28-57(29-40)18-21-66(22-19-57)50-27-48(73-42-25-39-15-20-59-54(39)62-31-42)45(32-60-50)55(68)64-75(70,71)49-26-46(58)51(53-52(49)63-35-74-53)61-30-37-13-16-56(3,69)17-14-37/h5-12,15,20,25-27,31-32,35-37,40,47,61,69H,13-14,16-19,21-24,28-30,33-34,58H2,1-4H3,(H,59,62)(H,64,68)/t37-,47-,56-/m0/s1. The zero-order chi connectivity index (χ0) is 52.1. The molecule has 4 aromatic heterocycles. The first-order chi connectivity index (χ1) is 36.1. The largest absolute Gasteiger partial charge is 0.497 e. The van der Waals surface area contributed by atoms with E-state index in [4.69, 9.17) is 20.2 Å². The van der Waals surface area contributed by atoms with Crippen LogP contribution in [0.5, 0.6) is 17.2 Å². The van der Waals surface area contributed by atoms with Crippen molar-refractivity contribution in [2.45, 2.75) is 107 Å². The van der Waals surface area contributed by atoms with Gasteiger partial charge in [0.25, 0.3) is 15.9 Å². The molecule has 1 atom stereocenters. The smallest absolute Gasteiger partial charge is 0.270 e. The van der Waals surface area contributed by atoms with E-state index in [-0.39, 0.29) is 32.8 Å². The van der Waals surface area contributed by atoms with Gasteiger partial charge in [0.1, 0.15) is 44.7 Å². The summed E-state index contributed by atoms with van der Waals surface area (Å²) in [6.07, 6.45) is 12.2. The van der Waals surface area contributed by atoms with Crippen molar-refractivity contribution < 1.29 is 27.8 Å². The molecule has 0 bridgehead atoms. The van der Waals surface area contributed by atoms with Crippen LogP contribution in [0.25, 0.3) is 21.3 Å². The Morgan fingerprint density at radius 2 is 1.72 bits per heavy atom. The van der Waals surface area contributed by atoms with Gasteiger partial charge in [0.05, 0.1) is 40.5 Å². The second kappa shape index (κ2) is 20.7. The van der Waals surface area contributed by atoms with Crippen LogP contribution in [0.3, 0.4) is 0 Å². The molecule has 394 valence electrons. The summed E-state index contributed by atoms with van der Waals surface area (Å²) in [5.74, 6) is 1.88. The molecule has 1 amide bonds. The molecule has 7 aromatic rings. The predicted molar refractivity (Wildman–Crippen MR) is 295 cm³/mol. The number of methoxy groups -OCH3 is 1. The third-order valence-corrected chi connectivity index (χ3v) is 18.8. The number of H-pyrrole nitrogens is 1. The van der Waals surface area contributed by atoms with E-state index >= 15 is 0 Å². The van der Waals surface area contributed by atoms with Crippen molar-refractivity contribution in [3.8, 4) is 17.2 Å². The molecule has 6 N–H and O–H groups in total. The first-order valence-corrected chi connectivity index (χ1v) is 28.7. The number of rotatable bonds is 15. The van der Waals surface area contributed by atoms with Crippen molar-refractivity contribution in [2.24, 2.45) is 11.3 Å². The highest BCUT2D eigenvalue weighted by Crippen LogP contribution is 2.53. The highest BCUT2D eigenvalue weighted by atomic mass is 32.2. The number of fused-ring (bicyclic) bond motifs is 2. The fraction of sp³-hybridized carbons (Fsp3) is 0.439. The molecular formula is C57H68N10O6S2. The van der Waals surface area contributed by atoms with Gasteiger partial charge in [-0.2, -0.15) is 0 Å². The highest BCUT2D eigenvalue weighted by molar-refractivity contribution is 7.90. The van der Waals surface area contributed by atoms with E-state index in [1.54, 1.807) is 31.1 Å². The first kappa shape index (κ1) is 50.8. The van der Waals surface area contributed by atoms with E-state index in [0.29, 0.717) is 70.9 Å². The second-order valence-corrected chi connectivity index (χ2v) is 24.5. The number of benzene rings is 3. The van der Waals surface area contributed by atoms with E-state index in [9.17, 15) is 18.3 Å². The number of aromatic amines is 1. The van der Waals surface area contributed by atoms with E-state index < -0.39 is 21.5 Å². The van der Waals surface area contributed by atoms with Crippen molar-refractivity contribution in [3.63, 3.8) is 0 Å². The van der Waals surface area contributed by atoms with Crippen molar-refractivity contribution in [2.75, 3.05) is 62.3 Å². The number of piperazine rings is 1. The van der Waals surface area contributed by atoms with Gasteiger partial charge in [-0.3, -0.25) is 14.6 Å². The fourth-order valence-electron chi connectivity index (χ4n) is 12.2. The molecule has 3 aromatic carbocycles. The van der Waals surface area contributed by atoms with Crippen LogP contribution < -0.4 is 30.1 Å². The van der Waals surface area contributed by atoms with Crippen molar-refractivity contribution in [1.82, 2.24) is 34.5 Å². The lowest BCUT2D eigenvalue weighted by Crippen LogP contribution is -2.60. The van der Waals surface area contributed by atoms with Crippen LogP contribution in [0.15, 0.2) is 102 Å². The Kier molecular flexibility index (Phi) is 14.0. The lowest BCUT2D eigenvalue weighted by Gasteiger charge is -2.58. The van der Waals surface area contributed by atoms with Crippen LogP contribution in [0.1, 0.15) is 111 Å². The third-order valence-electron chi connectivity index (χ3n) is 16.6. The summed E-state index contributed by atoms with van der Waals surface area (Å²) in [7, 11) is -2.80. The summed E-state index contributed by atoms with van der Waals surface area (Å²) < 4.78 is 43.2. The number of aromatic nitrogens is 4. The number of piperidine rings is 1. The quantitative estimate of drug-likeness (QED) is 0.0607. The number of pyridine rings is 2. The number of nitrogens with two attached hydrogens (primary N) is 1. The number of sulfonamides is 1. The van der Waals surface area contributed by atoms with Crippen LogP contribution in [0, 0.1) is 11.3 Å². The number of nitrogens with zero attached hydrogens (tertiary/aromatic N) is 6. The van der Waals surface area contributed by atoms with Crippen LogP contribution >= 0.6 is 11.3 Å². The Morgan fingerprint density at radius 1 is 0.947 bits per heavy atom. The Morgan fingerprint density at radius 3 is 2.48 bits per heavy atom. The maximum absolute atomic E-state index is 14.3. The summed E-state index contributed by atoms with van der Waals surface area (Å²) in [4.78, 5) is 38.6. The van der Waals surface area contributed by atoms with E-state index in [1.807, 2.05) is 19.1 Å². The monoisotopic (exact) mass is 1050 g/mol. The van der Waals surface area contributed by atoms with Gasteiger partial charge >= 0.3 is 0 Å². The van der Waals surface area contributed by atoms with Gasteiger partial charge < -0.3 is 35.5 Å². The van der Waals surface area contributed by atoms with Gasteiger partial charge in [0, 0.05) is 81.7 Å². The molecule has 2 saturated carbocycles. The number of nitrogen functional groups attached to an aromatic ring is 1. The van der Waals surface area contributed by atoms with Crippen molar-refractivity contribution >= 4 is 65.7 Å². The summed E-state index contributed by atoms with van der Waals surface area (Å²) in [5.41, 5.74) is 13.5. The Bertz CT molecular complexity index is 3300. The number of hydrogen-bond acceptors (Lipinski definition) is 15. The lowest BCUT2D eigenvalue weighted by atomic mass is 9.59. The first-order valence-electron chi connectivity index (χ1n) is 26.4. The molecule has 1 spiro atoms.